The maximum absolute atomic E-state index is 13.0. The van der Waals surface area contributed by atoms with Gasteiger partial charge in [0.1, 0.15) is 12.4 Å². The zero-order chi connectivity index (χ0) is 18.8. The van der Waals surface area contributed by atoms with Gasteiger partial charge in [-0.05, 0) is 26.8 Å². The van der Waals surface area contributed by atoms with Gasteiger partial charge in [-0.3, -0.25) is 14.2 Å². The van der Waals surface area contributed by atoms with Crippen molar-refractivity contribution in [1.29, 1.82) is 0 Å². The number of ether oxygens (including phenoxy) is 1. The van der Waals surface area contributed by atoms with E-state index >= 15 is 0 Å². The number of piperazine rings is 1. The molecule has 140 valence electrons. The van der Waals surface area contributed by atoms with Crippen LogP contribution in [0.5, 0.6) is 0 Å². The molecule has 0 bridgehead atoms. The predicted octanol–water partition coefficient (Wildman–Crippen LogP) is 1.32. The lowest BCUT2D eigenvalue weighted by molar-refractivity contribution is -0.136. The molecule has 0 spiro atoms. The van der Waals surface area contributed by atoms with Gasteiger partial charge in [0.15, 0.2) is 5.82 Å². The van der Waals surface area contributed by atoms with Crippen LogP contribution in [-0.2, 0) is 9.53 Å². The molecule has 8 heteroatoms. The highest BCUT2D eigenvalue weighted by molar-refractivity contribution is 5.96. The fraction of sp³-hybridized carbons (Fsp3) is 0.500. The molecule has 8 nitrogen and oxygen atoms in total. The second kappa shape index (κ2) is 7.33. The molecule has 0 radical (unpaired) electrons. The fourth-order valence-corrected chi connectivity index (χ4v) is 3.33. The summed E-state index contributed by atoms with van der Waals surface area (Å²) >= 11 is 0. The quantitative estimate of drug-likeness (QED) is 0.821. The zero-order valence-corrected chi connectivity index (χ0v) is 15.6. The minimum absolute atomic E-state index is 0.0246. The minimum Gasteiger partial charge on any atom is -0.375 e. The van der Waals surface area contributed by atoms with Crippen molar-refractivity contribution in [2.24, 2.45) is 0 Å². The zero-order valence-electron chi connectivity index (χ0n) is 15.6. The van der Waals surface area contributed by atoms with Crippen molar-refractivity contribution < 1.29 is 18.8 Å². The van der Waals surface area contributed by atoms with Crippen LogP contribution < -0.4 is 0 Å². The Balaban J connectivity index is 1.74. The van der Waals surface area contributed by atoms with E-state index in [1.54, 1.807) is 9.80 Å². The first-order valence-corrected chi connectivity index (χ1v) is 8.61. The Kier molecular flexibility index (Phi) is 5.13. The molecule has 0 aliphatic carbocycles. The SMILES string of the molecule is COCC(=O)N1CCN(C(=O)c2cc(C)n(-c3cc(C)on3)c2C)CC1. The number of aromatic nitrogens is 2. The summed E-state index contributed by atoms with van der Waals surface area (Å²) in [4.78, 5) is 28.4. The molecule has 3 heterocycles. The number of hydrogen-bond acceptors (Lipinski definition) is 5. The first-order chi connectivity index (χ1) is 12.4. The first kappa shape index (κ1) is 18.2. The van der Waals surface area contributed by atoms with Gasteiger partial charge in [0.05, 0.1) is 5.56 Å². The topological polar surface area (TPSA) is 80.8 Å². The van der Waals surface area contributed by atoms with E-state index in [1.807, 2.05) is 37.5 Å². The van der Waals surface area contributed by atoms with Crippen LogP contribution in [0.2, 0.25) is 0 Å². The van der Waals surface area contributed by atoms with E-state index in [9.17, 15) is 9.59 Å². The fourth-order valence-electron chi connectivity index (χ4n) is 3.33. The van der Waals surface area contributed by atoms with Crippen LogP contribution in [0, 0.1) is 20.8 Å². The number of rotatable bonds is 4. The second-order valence-electron chi connectivity index (χ2n) is 6.52. The molecule has 2 aromatic rings. The molecule has 3 rings (SSSR count). The first-order valence-electron chi connectivity index (χ1n) is 8.61. The summed E-state index contributed by atoms with van der Waals surface area (Å²) in [5.74, 6) is 1.33. The number of aryl methyl sites for hydroxylation is 2. The number of carbonyl (C=O) groups excluding carboxylic acids is 2. The molecule has 26 heavy (non-hydrogen) atoms. The molecule has 1 aliphatic rings. The molecule has 1 aliphatic heterocycles. The van der Waals surface area contributed by atoms with Gasteiger partial charge in [0.2, 0.25) is 5.91 Å². The van der Waals surface area contributed by atoms with Crippen LogP contribution in [-0.4, -0.2) is 71.2 Å². The van der Waals surface area contributed by atoms with Gasteiger partial charge in [-0.2, -0.15) is 0 Å². The van der Waals surface area contributed by atoms with Crippen LogP contribution >= 0.6 is 0 Å². The number of amides is 2. The molecule has 1 fully saturated rings. The van der Waals surface area contributed by atoms with Crippen molar-refractivity contribution in [2.45, 2.75) is 20.8 Å². The highest BCUT2D eigenvalue weighted by atomic mass is 16.5. The van der Waals surface area contributed by atoms with Gasteiger partial charge in [-0.25, -0.2) is 0 Å². The summed E-state index contributed by atoms with van der Waals surface area (Å²) in [5, 5.41) is 4.05. The average molecular weight is 360 g/mol. The molecule has 0 unspecified atom stereocenters. The van der Waals surface area contributed by atoms with Crippen molar-refractivity contribution in [1.82, 2.24) is 19.5 Å². The number of carbonyl (C=O) groups is 2. The monoisotopic (exact) mass is 360 g/mol. The molecular formula is C18H24N4O4. The van der Waals surface area contributed by atoms with Gasteiger partial charge in [-0.15, -0.1) is 0 Å². The number of methoxy groups -OCH3 is 1. The van der Waals surface area contributed by atoms with E-state index in [-0.39, 0.29) is 18.4 Å². The Morgan fingerprint density at radius 1 is 1.12 bits per heavy atom. The third kappa shape index (κ3) is 3.37. The van der Waals surface area contributed by atoms with Crippen molar-refractivity contribution >= 4 is 11.8 Å². The van der Waals surface area contributed by atoms with E-state index in [0.29, 0.717) is 37.6 Å². The third-order valence-electron chi connectivity index (χ3n) is 4.69. The smallest absolute Gasteiger partial charge is 0.255 e. The van der Waals surface area contributed by atoms with Gasteiger partial charge in [0.25, 0.3) is 5.91 Å². The maximum Gasteiger partial charge on any atom is 0.255 e. The van der Waals surface area contributed by atoms with Crippen LogP contribution in [0.15, 0.2) is 16.7 Å². The highest BCUT2D eigenvalue weighted by Gasteiger charge is 2.27. The van der Waals surface area contributed by atoms with E-state index in [0.717, 1.165) is 17.1 Å². The third-order valence-corrected chi connectivity index (χ3v) is 4.69. The Morgan fingerprint density at radius 3 is 2.35 bits per heavy atom. The lowest BCUT2D eigenvalue weighted by Gasteiger charge is -2.34. The summed E-state index contributed by atoms with van der Waals surface area (Å²) in [7, 11) is 1.50. The molecule has 0 atom stereocenters. The Bertz CT molecular complexity index is 815. The summed E-state index contributed by atoms with van der Waals surface area (Å²) in [6, 6.07) is 3.72. The normalized spacial score (nSPS) is 14.8. The van der Waals surface area contributed by atoms with Crippen LogP contribution in [0.3, 0.4) is 0 Å². The van der Waals surface area contributed by atoms with Gasteiger partial charge in [0, 0.05) is 50.7 Å². The van der Waals surface area contributed by atoms with Crippen LogP contribution in [0.25, 0.3) is 5.82 Å². The van der Waals surface area contributed by atoms with Crippen LogP contribution in [0.1, 0.15) is 27.5 Å². The molecule has 0 saturated carbocycles. The van der Waals surface area contributed by atoms with E-state index in [1.165, 1.54) is 7.11 Å². The minimum atomic E-state index is -0.0424. The predicted molar refractivity (Wildman–Crippen MR) is 94.4 cm³/mol. The van der Waals surface area contributed by atoms with Crippen molar-refractivity contribution in [3.63, 3.8) is 0 Å². The van der Waals surface area contributed by atoms with E-state index < -0.39 is 0 Å². The molecule has 0 N–H and O–H groups in total. The highest BCUT2D eigenvalue weighted by Crippen LogP contribution is 2.22. The van der Waals surface area contributed by atoms with E-state index in [2.05, 4.69) is 5.16 Å². The average Bonchev–Trinajstić information content (AvgIpc) is 3.17. The lowest BCUT2D eigenvalue weighted by Crippen LogP contribution is -2.51. The largest absolute Gasteiger partial charge is 0.375 e. The Hall–Kier alpha value is -2.61. The lowest BCUT2D eigenvalue weighted by atomic mass is 10.2. The molecule has 2 aromatic heterocycles. The van der Waals surface area contributed by atoms with Crippen molar-refractivity contribution in [2.75, 3.05) is 39.9 Å². The maximum atomic E-state index is 13.0. The van der Waals surface area contributed by atoms with Gasteiger partial charge >= 0.3 is 0 Å². The van der Waals surface area contributed by atoms with Gasteiger partial charge < -0.3 is 19.1 Å². The van der Waals surface area contributed by atoms with Crippen molar-refractivity contribution in [3.05, 3.63) is 34.8 Å². The van der Waals surface area contributed by atoms with Crippen LogP contribution in [0.4, 0.5) is 0 Å². The second-order valence-corrected chi connectivity index (χ2v) is 6.52. The number of hydrogen-bond donors (Lipinski definition) is 0. The van der Waals surface area contributed by atoms with Crippen molar-refractivity contribution in [3.8, 4) is 5.82 Å². The Labute approximate surface area is 152 Å². The van der Waals surface area contributed by atoms with E-state index in [4.69, 9.17) is 9.26 Å². The van der Waals surface area contributed by atoms with Gasteiger partial charge in [-0.1, -0.05) is 5.16 Å². The molecule has 0 aromatic carbocycles. The summed E-state index contributed by atoms with van der Waals surface area (Å²) in [6.07, 6.45) is 0. The Morgan fingerprint density at radius 2 is 1.77 bits per heavy atom. The molecule has 1 saturated heterocycles. The number of nitrogens with zero attached hydrogens (tertiary/aromatic N) is 4. The summed E-state index contributed by atoms with van der Waals surface area (Å²) in [6.45, 7) is 7.83. The summed E-state index contributed by atoms with van der Waals surface area (Å²) in [5.41, 5.74) is 2.41. The standard InChI is InChI=1S/C18H24N4O4/c1-12-9-15(14(3)22(12)16-10-13(2)26-19-16)18(24)21-7-5-20(6-8-21)17(23)11-25-4/h9-10H,5-8,11H2,1-4H3. The molecular weight excluding hydrogens is 336 g/mol. The summed E-state index contributed by atoms with van der Waals surface area (Å²) < 4.78 is 12.0. The molecule has 2 amide bonds.